The number of anilines is 2. The average molecular weight is 361 g/mol. The van der Waals surface area contributed by atoms with Crippen LogP contribution < -0.4 is 9.44 Å². The minimum Gasteiger partial charge on any atom is -0.237 e. The molecule has 2 aromatic carbocycles. The molecule has 0 saturated heterocycles. The molecule has 0 radical (unpaired) electrons. The summed E-state index contributed by atoms with van der Waals surface area (Å²) in [5.74, 6) is 0. The van der Waals surface area contributed by atoms with Gasteiger partial charge >= 0.3 is 0 Å². The summed E-state index contributed by atoms with van der Waals surface area (Å²) in [5, 5.41) is 5.60. The molecule has 0 aliphatic carbocycles. The van der Waals surface area contributed by atoms with E-state index in [4.69, 9.17) is 16.7 Å². The van der Waals surface area contributed by atoms with Gasteiger partial charge in [-0.2, -0.15) is 0 Å². The normalized spacial score (nSPS) is 12.1. The second kappa shape index (κ2) is 5.88. The van der Waals surface area contributed by atoms with Crippen LogP contribution in [0.3, 0.4) is 0 Å². The van der Waals surface area contributed by atoms with Crippen LogP contribution in [0.1, 0.15) is 0 Å². The molecule has 0 spiro atoms. The molecule has 9 heteroatoms. The molecule has 0 heterocycles. The van der Waals surface area contributed by atoms with Gasteiger partial charge in [0.15, 0.2) is 0 Å². The van der Waals surface area contributed by atoms with Crippen molar-refractivity contribution in [3.8, 4) is 0 Å². The van der Waals surface area contributed by atoms with E-state index >= 15 is 0 Å². The Morgan fingerprint density at radius 1 is 0.955 bits per heavy atom. The molecule has 2 aromatic rings. The maximum Gasteiger partial charge on any atom is 0.240 e. The molecule has 0 aliphatic rings. The molecule has 2 N–H and O–H groups in total. The van der Waals surface area contributed by atoms with Gasteiger partial charge in [-0.15, -0.1) is 0 Å². The summed E-state index contributed by atoms with van der Waals surface area (Å²) in [6.07, 6.45) is 0.974. The van der Waals surface area contributed by atoms with Crippen molar-refractivity contribution in [2.24, 2.45) is 5.14 Å². The zero-order valence-electron chi connectivity index (χ0n) is 11.5. The van der Waals surface area contributed by atoms with Gasteiger partial charge < -0.3 is 0 Å². The van der Waals surface area contributed by atoms with Crippen LogP contribution in [0, 0.1) is 0 Å². The van der Waals surface area contributed by atoms with E-state index in [0.717, 1.165) is 10.6 Å². The summed E-state index contributed by atoms with van der Waals surface area (Å²) in [6, 6.07) is 11.6. The third kappa shape index (κ3) is 3.58. The first kappa shape index (κ1) is 16.8. The van der Waals surface area contributed by atoms with E-state index in [0.29, 0.717) is 5.02 Å². The van der Waals surface area contributed by atoms with Gasteiger partial charge in [0.2, 0.25) is 20.0 Å². The van der Waals surface area contributed by atoms with Gasteiger partial charge in [0, 0.05) is 5.02 Å². The highest BCUT2D eigenvalue weighted by atomic mass is 35.5. The Hall–Kier alpha value is -1.61. The van der Waals surface area contributed by atoms with Crippen LogP contribution in [-0.2, 0) is 20.0 Å². The first-order chi connectivity index (χ1) is 10.1. The van der Waals surface area contributed by atoms with Crippen LogP contribution in [0.15, 0.2) is 53.4 Å². The predicted molar refractivity (Wildman–Crippen MR) is 86.3 cm³/mol. The smallest absolute Gasteiger partial charge is 0.237 e. The largest absolute Gasteiger partial charge is 0.240 e. The molecule has 0 bridgehead atoms. The van der Waals surface area contributed by atoms with Gasteiger partial charge in [0.25, 0.3) is 0 Å². The van der Waals surface area contributed by atoms with Gasteiger partial charge in [0.1, 0.15) is 4.90 Å². The van der Waals surface area contributed by atoms with E-state index in [1.807, 2.05) is 0 Å². The van der Waals surface area contributed by atoms with Crippen molar-refractivity contribution in [2.45, 2.75) is 4.90 Å². The zero-order chi connectivity index (χ0) is 16.5. The number of para-hydroxylation sites is 1. The molecular formula is C13H13ClN2O4S2. The van der Waals surface area contributed by atoms with Crippen molar-refractivity contribution in [2.75, 3.05) is 10.6 Å². The fraction of sp³-hybridized carbons (Fsp3) is 0.0769. The quantitative estimate of drug-likeness (QED) is 0.902. The average Bonchev–Trinajstić information content (AvgIpc) is 2.39. The summed E-state index contributed by atoms with van der Waals surface area (Å²) >= 11 is 5.80. The molecule has 22 heavy (non-hydrogen) atoms. The molecule has 0 fully saturated rings. The maximum atomic E-state index is 12.2. The summed E-state index contributed by atoms with van der Waals surface area (Å²) in [5.41, 5.74) is 0.206. The number of sulfonamides is 2. The number of rotatable bonds is 4. The first-order valence-corrected chi connectivity index (χ1v) is 9.75. The Labute approximate surface area is 134 Å². The minimum absolute atomic E-state index is 0.0465. The van der Waals surface area contributed by atoms with Crippen LogP contribution in [0.4, 0.5) is 11.4 Å². The molecule has 6 nitrogen and oxygen atoms in total. The minimum atomic E-state index is -4.09. The number of primary sulfonamides is 1. The fourth-order valence-electron chi connectivity index (χ4n) is 1.95. The molecule has 0 aromatic heterocycles. The number of nitrogens with zero attached hydrogens (tertiary/aromatic N) is 1. The Kier molecular flexibility index (Phi) is 4.48. The van der Waals surface area contributed by atoms with E-state index in [1.54, 1.807) is 0 Å². The summed E-state index contributed by atoms with van der Waals surface area (Å²) in [4.78, 5) is -0.282. The highest BCUT2D eigenvalue weighted by Crippen LogP contribution is 2.33. The lowest BCUT2D eigenvalue weighted by Crippen LogP contribution is -2.27. The number of benzene rings is 2. The molecule has 0 saturated carbocycles. The Morgan fingerprint density at radius 2 is 1.50 bits per heavy atom. The van der Waals surface area contributed by atoms with E-state index < -0.39 is 20.0 Å². The number of halogens is 1. The van der Waals surface area contributed by atoms with Crippen LogP contribution in [0.5, 0.6) is 0 Å². The van der Waals surface area contributed by atoms with Crippen molar-refractivity contribution in [1.29, 1.82) is 0 Å². The third-order valence-electron chi connectivity index (χ3n) is 2.78. The van der Waals surface area contributed by atoms with Crippen molar-refractivity contribution in [3.05, 3.63) is 53.6 Å². The Bertz CT molecular complexity index is 894. The second-order valence-electron chi connectivity index (χ2n) is 4.52. The van der Waals surface area contributed by atoms with Crippen LogP contribution >= 0.6 is 11.6 Å². The number of hydrogen-bond acceptors (Lipinski definition) is 4. The third-order valence-corrected chi connectivity index (χ3v) is 5.06. The van der Waals surface area contributed by atoms with Gasteiger partial charge in [-0.25, -0.2) is 26.3 Å². The van der Waals surface area contributed by atoms with Crippen molar-refractivity contribution in [3.63, 3.8) is 0 Å². The zero-order valence-corrected chi connectivity index (χ0v) is 13.9. The van der Waals surface area contributed by atoms with E-state index in [1.165, 1.54) is 48.5 Å². The summed E-state index contributed by atoms with van der Waals surface area (Å²) in [6.45, 7) is 0. The van der Waals surface area contributed by atoms with Crippen LogP contribution in [0.25, 0.3) is 0 Å². The SMILES string of the molecule is CS(=O)(=O)N(c1ccc(Cl)cc1)c1ccccc1S(N)(=O)=O. The van der Waals surface area contributed by atoms with Gasteiger partial charge in [0.05, 0.1) is 17.6 Å². The highest BCUT2D eigenvalue weighted by Gasteiger charge is 2.25. The standard InChI is InChI=1S/C13H13ClN2O4S2/c1-21(17,18)16(11-8-6-10(14)7-9-11)12-4-2-3-5-13(12)22(15,19)20/h2-9H,1H3,(H2,15,19,20). The van der Waals surface area contributed by atoms with Gasteiger partial charge in [-0.1, -0.05) is 23.7 Å². The van der Waals surface area contributed by atoms with Crippen molar-refractivity contribution in [1.82, 2.24) is 0 Å². The Balaban J connectivity index is 2.76. The van der Waals surface area contributed by atoms with Crippen LogP contribution in [0.2, 0.25) is 5.02 Å². The van der Waals surface area contributed by atoms with E-state index in [9.17, 15) is 16.8 Å². The van der Waals surface area contributed by atoms with Crippen LogP contribution in [-0.4, -0.2) is 23.1 Å². The maximum absolute atomic E-state index is 12.2. The highest BCUT2D eigenvalue weighted by molar-refractivity contribution is 7.92. The van der Waals surface area contributed by atoms with Gasteiger partial charge in [-0.3, -0.25) is 0 Å². The lowest BCUT2D eigenvalue weighted by atomic mass is 10.2. The predicted octanol–water partition coefficient (Wildman–Crippen LogP) is 2.09. The summed E-state index contributed by atoms with van der Waals surface area (Å²) < 4.78 is 48.6. The Morgan fingerprint density at radius 3 is 2.00 bits per heavy atom. The molecule has 2 rings (SSSR count). The number of nitrogens with two attached hydrogens (primary N) is 1. The van der Waals surface area contributed by atoms with E-state index in [-0.39, 0.29) is 16.3 Å². The molecular weight excluding hydrogens is 348 g/mol. The molecule has 0 atom stereocenters. The number of hydrogen-bond donors (Lipinski definition) is 1. The van der Waals surface area contributed by atoms with E-state index in [2.05, 4.69) is 0 Å². The lowest BCUT2D eigenvalue weighted by Gasteiger charge is -2.24. The molecule has 0 unspecified atom stereocenters. The topological polar surface area (TPSA) is 97.5 Å². The monoisotopic (exact) mass is 360 g/mol. The first-order valence-electron chi connectivity index (χ1n) is 5.98. The fourth-order valence-corrected chi connectivity index (χ4v) is 3.88. The lowest BCUT2D eigenvalue weighted by molar-refractivity contribution is 0.597. The summed E-state index contributed by atoms with van der Waals surface area (Å²) in [7, 11) is -7.88. The molecule has 0 aliphatic heterocycles. The second-order valence-corrected chi connectivity index (χ2v) is 8.31. The molecule has 0 amide bonds. The van der Waals surface area contributed by atoms with Crippen molar-refractivity contribution >= 4 is 43.0 Å². The van der Waals surface area contributed by atoms with Gasteiger partial charge in [-0.05, 0) is 36.4 Å². The van der Waals surface area contributed by atoms with Crippen molar-refractivity contribution < 1.29 is 16.8 Å². The molecule has 118 valence electrons.